The normalized spacial score (nSPS) is 17.4. The Hall–Kier alpha value is -0.360. The van der Waals surface area contributed by atoms with Crippen molar-refractivity contribution in [1.29, 1.82) is 0 Å². The summed E-state index contributed by atoms with van der Waals surface area (Å²) >= 11 is 1.59. The Morgan fingerprint density at radius 3 is 3.00 bits per heavy atom. The number of carbonyl (C=O) groups excluding carboxylic acids is 1. The second kappa shape index (κ2) is 10.4. The van der Waals surface area contributed by atoms with Crippen molar-refractivity contribution in [2.45, 2.75) is 25.7 Å². The molecule has 1 aliphatic heterocycles. The molecule has 0 aromatic carbocycles. The van der Waals surface area contributed by atoms with Gasteiger partial charge in [0.2, 0.25) is 5.91 Å². The van der Waals surface area contributed by atoms with E-state index in [1.54, 1.807) is 11.3 Å². The van der Waals surface area contributed by atoms with Gasteiger partial charge in [-0.3, -0.25) is 4.79 Å². The van der Waals surface area contributed by atoms with Crippen LogP contribution in [0.1, 0.15) is 25.0 Å². The largest absolute Gasteiger partial charge is 0.356 e. The maximum atomic E-state index is 11.6. The van der Waals surface area contributed by atoms with E-state index in [2.05, 4.69) is 15.6 Å². The Kier molecular flexibility index (Phi) is 10.2. The number of hydrogen-bond donors (Lipinski definition) is 2. The summed E-state index contributed by atoms with van der Waals surface area (Å²) in [6.07, 6.45) is 3.71. The van der Waals surface area contributed by atoms with Gasteiger partial charge in [0.05, 0.1) is 11.2 Å². The lowest BCUT2D eigenvalue weighted by Gasteiger charge is -2.08. The number of carbonyl (C=O) groups is 1. The van der Waals surface area contributed by atoms with Crippen molar-refractivity contribution in [2.24, 2.45) is 5.92 Å². The van der Waals surface area contributed by atoms with Crippen molar-refractivity contribution < 1.29 is 4.79 Å². The minimum Gasteiger partial charge on any atom is -0.356 e. The molecule has 2 rings (SSSR count). The third-order valence-corrected chi connectivity index (χ3v) is 3.76. The zero-order valence-electron chi connectivity index (χ0n) is 10.8. The third-order valence-electron chi connectivity index (χ3n) is 3.13. The SMILES string of the molecule is Cl.Cl.O=C(CCC1CCNC1)NCCc1cscn1. The van der Waals surface area contributed by atoms with E-state index >= 15 is 0 Å². The van der Waals surface area contributed by atoms with Crippen LogP contribution in [0.4, 0.5) is 0 Å². The molecule has 1 aromatic heterocycles. The molecule has 1 unspecified atom stereocenters. The maximum absolute atomic E-state index is 11.6. The Morgan fingerprint density at radius 1 is 1.53 bits per heavy atom. The molecule has 0 aliphatic carbocycles. The number of nitrogens with one attached hydrogen (secondary N) is 2. The van der Waals surface area contributed by atoms with Crippen LogP contribution in [0.5, 0.6) is 0 Å². The highest BCUT2D eigenvalue weighted by Crippen LogP contribution is 2.13. The van der Waals surface area contributed by atoms with Gasteiger partial charge in [0.25, 0.3) is 0 Å². The van der Waals surface area contributed by atoms with Crippen molar-refractivity contribution in [3.8, 4) is 0 Å². The van der Waals surface area contributed by atoms with Crippen LogP contribution in [0.3, 0.4) is 0 Å². The van der Waals surface area contributed by atoms with Crippen molar-refractivity contribution >= 4 is 42.1 Å². The van der Waals surface area contributed by atoms with Crippen LogP contribution in [0.25, 0.3) is 0 Å². The lowest BCUT2D eigenvalue weighted by molar-refractivity contribution is -0.121. The lowest BCUT2D eigenvalue weighted by atomic mass is 10.0. The van der Waals surface area contributed by atoms with E-state index in [0.717, 1.165) is 31.6 Å². The highest BCUT2D eigenvalue weighted by Gasteiger charge is 2.15. The molecule has 0 saturated carbocycles. The highest BCUT2D eigenvalue weighted by molar-refractivity contribution is 7.07. The molecular formula is C12H21Cl2N3OS. The fourth-order valence-electron chi connectivity index (χ4n) is 2.08. The molecule has 7 heteroatoms. The van der Waals surface area contributed by atoms with Gasteiger partial charge in [0.15, 0.2) is 0 Å². The fourth-order valence-corrected chi connectivity index (χ4v) is 2.67. The number of nitrogens with zero attached hydrogens (tertiary/aromatic N) is 1. The highest BCUT2D eigenvalue weighted by atomic mass is 35.5. The topological polar surface area (TPSA) is 54.0 Å². The molecule has 110 valence electrons. The van der Waals surface area contributed by atoms with Crippen LogP contribution in [0.2, 0.25) is 0 Å². The van der Waals surface area contributed by atoms with E-state index < -0.39 is 0 Å². The number of amides is 1. The second-order valence-corrected chi connectivity index (χ2v) is 5.20. The van der Waals surface area contributed by atoms with Crippen molar-refractivity contribution in [2.75, 3.05) is 19.6 Å². The smallest absolute Gasteiger partial charge is 0.220 e. The quantitative estimate of drug-likeness (QED) is 0.841. The molecule has 1 fully saturated rings. The number of rotatable bonds is 6. The lowest BCUT2D eigenvalue weighted by Crippen LogP contribution is -2.26. The second-order valence-electron chi connectivity index (χ2n) is 4.48. The van der Waals surface area contributed by atoms with Gasteiger partial charge in [-0.05, 0) is 31.8 Å². The first-order valence-electron chi connectivity index (χ1n) is 6.19. The summed E-state index contributed by atoms with van der Waals surface area (Å²) in [5.41, 5.74) is 2.89. The minimum absolute atomic E-state index is 0. The molecule has 1 atom stereocenters. The van der Waals surface area contributed by atoms with E-state index in [1.165, 1.54) is 6.42 Å². The van der Waals surface area contributed by atoms with Gasteiger partial charge in [-0.15, -0.1) is 36.2 Å². The molecule has 2 N–H and O–H groups in total. The molecule has 0 spiro atoms. The molecule has 0 bridgehead atoms. The molecule has 2 heterocycles. The van der Waals surface area contributed by atoms with Gasteiger partial charge in [-0.2, -0.15) is 0 Å². The van der Waals surface area contributed by atoms with Crippen LogP contribution >= 0.6 is 36.2 Å². The standard InChI is InChI=1S/C12H19N3OS.2ClH/c16-12(2-1-10-3-5-13-7-10)14-6-4-11-8-17-9-15-11;;/h8-10,13H,1-7H2,(H,14,16);2*1H. The number of thiazole rings is 1. The van der Waals surface area contributed by atoms with Gasteiger partial charge in [0, 0.05) is 24.8 Å². The Bertz CT molecular complexity index is 343. The molecule has 0 radical (unpaired) electrons. The number of aromatic nitrogens is 1. The maximum Gasteiger partial charge on any atom is 0.220 e. The zero-order valence-corrected chi connectivity index (χ0v) is 13.2. The summed E-state index contributed by atoms with van der Waals surface area (Å²) in [6, 6.07) is 0. The molecule has 19 heavy (non-hydrogen) atoms. The molecule has 1 amide bonds. The zero-order chi connectivity index (χ0) is 11.9. The van der Waals surface area contributed by atoms with Gasteiger partial charge in [-0.1, -0.05) is 0 Å². The van der Waals surface area contributed by atoms with Crippen LogP contribution in [-0.2, 0) is 11.2 Å². The van der Waals surface area contributed by atoms with Crippen LogP contribution in [0, 0.1) is 5.92 Å². The Labute approximate surface area is 130 Å². The van der Waals surface area contributed by atoms with Crippen molar-refractivity contribution in [3.05, 3.63) is 16.6 Å². The predicted octanol–water partition coefficient (Wildman–Crippen LogP) is 2.04. The van der Waals surface area contributed by atoms with Gasteiger partial charge in [-0.25, -0.2) is 4.98 Å². The molecule has 4 nitrogen and oxygen atoms in total. The van der Waals surface area contributed by atoms with Crippen molar-refractivity contribution in [1.82, 2.24) is 15.6 Å². The van der Waals surface area contributed by atoms with Gasteiger partial charge >= 0.3 is 0 Å². The molecule has 1 saturated heterocycles. The third kappa shape index (κ3) is 7.11. The predicted molar refractivity (Wildman–Crippen MR) is 83.5 cm³/mol. The van der Waals surface area contributed by atoms with Gasteiger partial charge in [0.1, 0.15) is 0 Å². The Morgan fingerprint density at radius 2 is 2.37 bits per heavy atom. The van der Waals surface area contributed by atoms with E-state index in [9.17, 15) is 4.79 Å². The van der Waals surface area contributed by atoms with Crippen LogP contribution in [0.15, 0.2) is 10.9 Å². The average Bonchev–Trinajstić information content (AvgIpc) is 2.99. The van der Waals surface area contributed by atoms with E-state index in [4.69, 9.17) is 0 Å². The monoisotopic (exact) mass is 325 g/mol. The summed E-state index contributed by atoms with van der Waals surface area (Å²) in [7, 11) is 0. The molecule has 1 aromatic rings. The van der Waals surface area contributed by atoms with Gasteiger partial charge < -0.3 is 10.6 Å². The number of halogens is 2. The fraction of sp³-hybridized carbons (Fsp3) is 0.667. The first kappa shape index (κ1) is 18.6. The summed E-state index contributed by atoms with van der Waals surface area (Å²) in [6.45, 7) is 2.88. The van der Waals surface area contributed by atoms with Crippen LogP contribution < -0.4 is 10.6 Å². The first-order chi connectivity index (χ1) is 8.34. The van der Waals surface area contributed by atoms with E-state index in [-0.39, 0.29) is 30.7 Å². The minimum atomic E-state index is 0. The average molecular weight is 326 g/mol. The van der Waals surface area contributed by atoms with E-state index in [0.29, 0.717) is 18.9 Å². The Balaban J connectivity index is 0.00000162. The van der Waals surface area contributed by atoms with Crippen molar-refractivity contribution in [3.63, 3.8) is 0 Å². The summed E-state index contributed by atoms with van der Waals surface area (Å²) in [5.74, 6) is 0.867. The van der Waals surface area contributed by atoms with Crippen LogP contribution in [-0.4, -0.2) is 30.5 Å². The molecular weight excluding hydrogens is 305 g/mol. The van der Waals surface area contributed by atoms with E-state index in [1.807, 2.05) is 10.9 Å². The summed E-state index contributed by atoms with van der Waals surface area (Å²) in [5, 5.41) is 8.29. The first-order valence-corrected chi connectivity index (χ1v) is 7.13. The summed E-state index contributed by atoms with van der Waals surface area (Å²) in [4.78, 5) is 15.8. The summed E-state index contributed by atoms with van der Waals surface area (Å²) < 4.78 is 0. The molecule has 1 aliphatic rings. The number of hydrogen-bond acceptors (Lipinski definition) is 4.